The topological polar surface area (TPSA) is 80.9 Å². The van der Waals surface area contributed by atoms with Crippen molar-refractivity contribution in [1.29, 1.82) is 0 Å². The molecule has 1 unspecified atom stereocenters. The molecule has 0 spiro atoms. The third-order valence-electron chi connectivity index (χ3n) is 1.08. The van der Waals surface area contributed by atoms with Crippen LogP contribution in [0.5, 0.6) is 0 Å². The summed E-state index contributed by atoms with van der Waals surface area (Å²) in [4.78, 5) is 0. The van der Waals surface area contributed by atoms with Gasteiger partial charge in [-0.1, -0.05) is 0 Å². The SMILES string of the molecule is CC(O)[C@@H](O)[C@@H](O)CO. The van der Waals surface area contributed by atoms with Gasteiger partial charge in [-0.3, -0.25) is 0 Å². The highest BCUT2D eigenvalue weighted by molar-refractivity contribution is 4.70. The van der Waals surface area contributed by atoms with E-state index in [0.717, 1.165) is 0 Å². The van der Waals surface area contributed by atoms with E-state index in [-0.39, 0.29) is 0 Å². The molecule has 0 heterocycles. The molecule has 56 valence electrons. The van der Waals surface area contributed by atoms with Crippen LogP contribution in [0, 0.1) is 0 Å². The number of aliphatic hydroxyl groups is 4. The molecule has 0 aliphatic heterocycles. The van der Waals surface area contributed by atoms with E-state index < -0.39 is 24.9 Å². The summed E-state index contributed by atoms with van der Waals surface area (Å²) in [7, 11) is 0. The second-order valence-corrected chi connectivity index (χ2v) is 1.98. The predicted molar refractivity (Wildman–Crippen MR) is 30.8 cm³/mol. The van der Waals surface area contributed by atoms with Gasteiger partial charge in [-0.05, 0) is 6.92 Å². The Kier molecular flexibility index (Phi) is 3.72. The number of hydrogen-bond acceptors (Lipinski definition) is 4. The third-order valence-corrected chi connectivity index (χ3v) is 1.08. The van der Waals surface area contributed by atoms with Gasteiger partial charge in [-0.15, -0.1) is 0 Å². The largest absolute Gasteiger partial charge is 0.394 e. The van der Waals surface area contributed by atoms with Crippen molar-refractivity contribution in [3.05, 3.63) is 0 Å². The number of rotatable bonds is 3. The second-order valence-electron chi connectivity index (χ2n) is 1.98. The van der Waals surface area contributed by atoms with Crippen molar-refractivity contribution in [2.45, 2.75) is 25.2 Å². The molecule has 0 radical (unpaired) electrons. The van der Waals surface area contributed by atoms with Crippen LogP contribution in [0.2, 0.25) is 0 Å². The first-order valence-corrected chi connectivity index (χ1v) is 2.74. The van der Waals surface area contributed by atoms with E-state index in [1.54, 1.807) is 0 Å². The van der Waals surface area contributed by atoms with Gasteiger partial charge in [0.25, 0.3) is 0 Å². The van der Waals surface area contributed by atoms with Crippen LogP contribution < -0.4 is 0 Å². The maximum absolute atomic E-state index is 8.73. The molecule has 9 heavy (non-hydrogen) atoms. The average Bonchev–Trinajstić information content (AvgIpc) is 1.84. The van der Waals surface area contributed by atoms with Crippen molar-refractivity contribution in [3.63, 3.8) is 0 Å². The fourth-order valence-electron chi connectivity index (χ4n) is 0.429. The van der Waals surface area contributed by atoms with Gasteiger partial charge in [-0.25, -0.2) is 0 Å². The molecule has 0 aliphatic carbocycles. The zero-order valence-corrected chi connectivity index (χ0v) is 5.23. The molecule has 0 aromatic carbocycles. The van der Waals surface area contributed by atoms with E-state index >= 15 is 0 Å². The minimum absolute atomic E-state index is 0.536. The first kappa shape index (κ1) is 8.84. The number of aliphatic hydroxyl groups excluding tert-OH is 4. The maximum Gasteiger partial charge on any atom is 0.108 e. The fourth-order valence-corrected chi connectivity index (χ4v) is 0.429. The summed E-state index contributed by atoms with van der Waals surface area (Å²) >= 11 is 0. The highest BCUT2D eigenvalue weighted by Crippen LogP contribution is 1.97. The Morgan fingerprint density at radius 3 is 1.78 bits per heavy atom. The summed E-state index contributed by atoms with van der Waals surface area (Å²) in [5, 5.41) is 34.2. The first-order chi connectivity index (χ1) is 4.09. The van der Waals surface area contributed by atoms with Gasteiger partial charge in [-0.2, -0.15) is 0 Å². The third kappa shape index (κ3) is 2.76. The van der Waals surface area contributed by atoms with Crippen molar-refractivity contribution < 1.29 is 20.4 Å². The fraction of sp³-hybridized carbons (Fsp3) is 1.00. The summed E-state index contributed by atoms with van der Waals surface area (Å²) in [5.74, 6) is 0. The molecule has 0 saturated heterocycles. The van der Waals surface area contributed by atoms with Crippen LogP contribution in [0.3, 0.4) is 0 Å². The Morgan fingerprint density at radius 1 is 1.22 bits per heavy atom. The van der Waals surface area contributed by atoms with E-state index in [1.165, 1.54) is 6.92 Å². The minimum atomic E-state index is -1.25. The van der Waals surface area contributed by atoms with E-state index in [2.05, 4.69) is 0 Å². The van der Waals surface area contributed by atoms with Crippen molar-refractivity contribution >= 4 is 0 Å². The normalized spacial score (nSPS) is 21.0. The van der Waals surface area contributed by atoms with E-state index in [1.807, 2.05) is 0 Å². The molecular weight excluding hydrogens is 124 g/mol. The maximum atomic E-state index is 8.73. The van der Waals surface area contributed by atoms with E-state index in [9.17, 15) is 0 Å². The van der Waals surface area contributed by atoms with Crippen LogP contribution in [0.25, 0.3) is 0 Å². The lowest BCUT2D eigenvalue weighted by Gasteiger charge is -2.17. The van der Waals surface area contributed by atoms with Gasteiger partial charge in [0.2, 0.25) is 0 Å². The molecule has 4 N–H and O–H groups in total. The highest BCUT2D eigenvalue weighted by Gasteiger charge is 2.19. The zero-order chi connectivity index (χ0) is 7.44. The Hall–Kier alpha value is -0.160. The van der Waals surface area contributed by atoms with Crippen molar-refractivity contribution in [2.75, 3.05) is 6.61 Å². The Balaban J connectivity index is 3.58. The summed E-state index contributed by atoms with van der Waals surface area (Å²) in [6, 6.07) is 0. The highest BCUT2D eigenvalue weighted by atomic mass is 16.4. The molecule has 0 saturated carbocycles. The Labute approximate surface area is 53.4 Å². The average molecular weight is 136 g/mol. The van der Waals surface area contributed by atoms with Crippen LogP contribution in [0.15, 0.2) is 0 Å². The Morgan fingerprint density at radius 2 is 1.67 bits per heavy atom. The van der Waals surface area contributed by atoms with Gasteiger partial charge in [0.15, 0.2) is 0 Å². The standard InChI is InChI=1S/C5H12O4/c1-3(7)5(9)4(8)2-6/h3-9H,2H2,1H3/t3?,4-,5+/m0/s1. The lowest BCUT2D eigenvalue weighted by atomic mass is 10.1. The van der Waals surface area contributed by atoms with E-state index in [4.69, 9.17) is 20.4 Å². The first-order valence-electron chi connectivity index (χ1n) is 2.74. The molecular formula is C5H12O4. The van der Waals surface area contributed by atoms with Gasteiger partial charge in [0, 0.05) is 0 Å². The van der Waals surface area contributed by atoms with Crippen LogP contribution >= 0.6 is 0 Å². The molecule has 4 nitrogen and oxygen atoms in total. The van der Waals surface area contributed by atoms with Gasteiger partial charge in [0.05, 0.1) is 12.7 Å². The summed E-state index contributed by atoms with van der Waals surface area (Å²) in [6.45, 7) is 0.801. The quantitative estimate of drug-likeness (QED) is 0.364. The molecule has 0 aromatic rings. The predicted octanol–water partition coefficient (Wildman–Crippen LogP) is -1.92. The van der Waals surface area contributed by atoms with E-state index in [0.29, 0.717) is 0 Å². The van der Waals surface area contributed by atoms with Gasteiger partial charge >= 0.3 is 0 Å². The molecule has 0 rings (SSSR count). The molecule has 3 atom stereocenters. The molecule has 0 bridgehead atoms. The summed E-state index contributed by atoms with van der Waals surface area (Å²) in [6.07, 6.45) is -3.51. The molecule has 0 aromatic heterocycles. The lowest BCUT2D eigenvalue weighted by Crippen LogP contribution is -2.37. The summed E-state index contributed by atoms with van der Waals surface area (Å²) in [5.41, 5.74) is 0. The van der Waals surface area contributed by atoms with Gasteiger partial charge in [0.1, 0.15) is 12.2 Å². The number of hydrogen-bond donors (Lipinski definition) is 4. The van der Waals surface area contributed by atoms with Crippen LogP contribution in [0.1, 0.15) is 6.92 Å². The van der Waals surface area contributed by atoms with Crippen molar-refractivity contribution in [1.82, 2.24) is 0 Å². The van der Waals surface area contributed by atoms with Crippen LogP contribution in [-0.4, -0.2) is 45.3 Å². The molecule has 4 heteroatoms. The summed E-state index contributed by atoms with van der Waals surface area (Å²) < 4.78 is 0. The molecule has 0 fully saturated rings. The molecule has 0 amide bonds. The van der Waals surface area contributed by atoms with Crippen LogP contribution in [-0.2, 0) is 0 Å². The molecule has 0 aliphatic rings. The Bertz CT molecular complexity index is 73.4. The lowest BCUT2D eigenvalue weighted by molar-refractivity contribution is -0.0698. The zero-order valence-electron chi connectivity index (χ0n) is 5.23. The monoisotopic (exact) mass is 136 g/mol. The van der Waals surface area contributed by atoms with Crippen molar-refractivity contribution in [2.24, 2.45) is 0 Å². The smallest absolute Gasteiger partial charge is 0.108 e. The van der Waals surface area contributed by atoms with Crippen LogP contribution in [0.4, 0.5) is 0 Å². The minimum Gasteiger partial charge on any atom is -0.394 e. The van der Waals surface area contributed by atoms with Crippen molar-refractivity contribution in [3.8, 4) is 0 Å². The second kappa shape index (κ2) is 3.79. The van der Waals surface area contributed by atoms with Gasteiger partial charge < -0.3 is 20.4 Å².